The van der Waals surface area contributed by atoms with Crippen molar-refractivity contribution in [2.24, 2.45) is 5.92 Å². The lowest BCUT2D eigenvalue weighted by Crippen LogP contribution is -2.38. The highest BCUT2D eigenvalue weighted by molar-refractivity contribution is 5.82. The first kappa shape index (κ1) is 14.4. The van der Waals surface area contributed by atoms with Gasteiger partial charge in [-0.3, -0.25) is 19.7 Å². The number of rotatable bonds is 7. The fourth-order valence-electron chi connectivity index (χ4n) is 1.52. The minimum absolute atomic E-state index is 0.186. The Balaban J connectivity index is 2.19. The summed E-state index contributed by atoms with van der Waals surface area (Å²) in [5, 5.41) is 12.9. The number of nitro groups is 1. The Morgan fingerprint density at radius 3 is 2.72 bits per heavy atom. The molecule has 0 aromatic heterocycles. The molecule has 18 heavy (non-hydrogen) atoms. The summed E-state index contributed by atoms with van der Waals surface area (Å²) < 4.78 is 9.51. The highest BCUT2D eigenvalue weighted by Crippen LogP contribution is 2.33. The van der Waals surface area contributed by atoms with Gasteiger partial charge in [-0.2, -0.15) is 0 Å². The number of carbonyl (C=O) groups is 2. The van der Waals surface area contributed by atoms with Gasteiger partial charge in [-0.15, -0.1) is 0 Å². The fourth-order valence-corrected chi connectivity index (χ4v) is 1.52. The molecule has 3 atom stereocenters. The van der Waals surface area contributed by atoms with Gasteiger partial charge in [0.05, 0.1) is 6.61 Å². The molecule has 1 amide bonds. The van der Waals surface area contributed by atoms with Crippen LogP contribution >= 0.6 is 0 Å². The van der Waals surface area contributed by atoms with Crippen molar-refractivity contribution in [3.05, 3.63) is 10.1 Å². The molecule has 0 aliphatic heterocycles. The summed E-state index contributed by atoms with van der Waals surface area (Å²) in [4.78, 5) is 32.4. The predicted octanol–water partition coefficient (Wildman–Crippen LogP) is -0.654. The molecule has 0 aromatic rings. The average molecular weight is 260 g/mol. The lowest BCUT2D eigenvalue weighted by Gasteiger charge is -2.12. The molecule has 1 aliphatic carbocycles. The predicted molar refractivity (Wildman–Crippen MR) is 59.3 cm³/mol. The van der Waals surface area contributed by atoms with E-state index in [9.17, 15) is 19.7 Å². The number of nitrogens with one attached hydrogen (secondary N) is 1. The van der Waals surface area contributed by atoms with Crippen LogP contribution in [0.5, 0.6) is 0 Å². The first-order valence-electron chi connectivity index (χ1n) is 5.54. The van der Waals surface area contributed by atoms with Crippen LogP contribution in [0.1, 0.15) is 13.3 Å². The maximum atomic E-state index is 11.3. The van der Waals surface area contributed by atoms with Crippen LogP contribution in [0, 0.1) is 16.0 Å². The molecule has 0 heterocycles. The van der Waals surface area contributed by atoms with Gasteiger partial charge in [0, 0.05) is 24.5 Å². The van der Waals surface area contributed by atoms with Crippen LogP contribution in [0.15, 0.2) is 0 Å². The molecule has 0 bridgehead atoms. The second-order valence-corrected chi connectivity index (χ2v) is 4.23. The van der Waals surface area contributed by atoms with Crippen molar-refractivity contribution in [2.75, 3.05) is 20.3 Å². The molecule has 0 saturated heterocycles. The summed E-state index contributed by atoms with van der Waals surface area (Å²) in [5.74, 6) is -1.85. The minimum atomic E-state index is -0.854. The van der Waals surface area contributed by atoms with E-state index in [2.05, 4.69) is 5.32 Å². The number of amides is 1. The zero-order chi connectivity index (χ0) is 13.7. The summed E-state index contributed by atoms with van der Waals surface area (Å²) in [6, 6.07) is -1.04. The molecule has 1 aliphatic rings. The Kier molecular flexibility index (Phi) is 5.02. The fraction of sp³-hybridized carbons (Fsp3) is 0.800. The van der Waals surface area contributed by atoms with Gasteiger partial charge in [0.15, 0.2) is 6.61 Å². The van der Waals surface area contributed by atoms with E-state index in [1.54, 1.807) is 6.92 Å². The monoisotopic (exact) mass is 260 g/mol. The molecule has 0 radical (unpaired) electrons. The first-order valence-corrected chi connectivity index (χ1v) is 5.54. The van der Waals surface area contributed by atoms with Crippen LogP contribution in [0.3, 0.4) is 0 Å². The Morgan fingerprint density at radius 2 is 2.22 bits per heavy atom. The van der Waals surface area contributed by atoms with Crippen LogP contribution < -0.4 is 5.32 Å². The van der Waals surface area contributed by atoms with E-state index in [0.717, 1.165) is 0 Å². The van der Waals surface area contributed by atoms with Gasteiger partial charge in [-0.05, 0) is 6.92 Å². The maximum Gasteiger partial charge on any atom is 0.316 e. The number of hydrogen-bond acceptors (Lipinski definition) is 6. The summed E-state index contributed by atoms with van der Waals surface area (Å²) in [6.45, 7) is 1.67. The third kappa shape index (κ3) is 4.28. The number of carbonyl (C=O) groups excluding carboxylic acids is 2. The highest BCUT2D eigenvalue weighted by Gasteiger charge is 2.54. The first-order chi connectivity index (χ1) is 8.45. The molecule has 0 spiro atoms. The standard InChI is InChI=1S/C10H16N2O6/c1-6(4-17-2)11-9(13)5-18-10(14)7-3-8(7)12(15)16/h6-8H,3-5H2,1-2H3,(H,11,13). The van der Waals surface area contributed by atoms with Crippen molar-refractivity contribution in [1.29, 1.82) is 0 Å². The zero-order valence-electron chi connectivity index (χ0n) is 10.3. The highest BCUT2D eigenvalue weighted by atomic mass is 16.6. The average Bonchev–Trinajstić information content (AvgIpc) is 3.06. The van der Waals surface area contributed by atoms with Gasteiger partial charge in [0.1, 0.15) is 5.92 Å². The van der Waals surface area contributed by atoms with Crippen molar-refractivity contribution >= 4 is 11.9 Å². The van der Waals surface area contributed by atoms with E-state index in [-0.39, 0.29) is 12.5 Å². The van der Waals surface area contributed by atoms with Crippen LogP contribution in [0.4, 0.5) is 0 Å². The van der Waals surface area contributed by atoms with Crippen molar-refractivity contribution in [2.45, 2.75) is 25.4 Å². The number of esters is 1. The number of ether oxygens (including phenoxy) is 2. The van der Waals surface area contributed by atoms with Crippen molar-refractivity contribution in [3.8, 4) is 0 Å². The lowest BCUT2D eigenvalue weighted by atomic mass is 10.3. The second kappa shape index (κ2) is 6.29. The smallest absolute Gasteiger partial charge is 0.316 e. The van der Waals surface area contributed by atoms with Crippen molar-refractivity contribution in [3.63, 3.8) is 0 Å². The molecule has 1 N–H and O–H groups in total. The summed E-state index contributed by atoms with van der Waals surface area (Å²) in [7, 11) is 1.51. The summed E-state index contributed by atoms with van der Waals surface area (Å²) in [6.07, 6.45) is 0.188. The summed E-state index contributed by atoms with van der Waals surface area (Å²) in [5.41, 5.74) is 0. The molecule has 0 aromatic carbocycles. The number of hydrogen-bond donors (Lipinski definition) is 1. The molecule has 8 heteroatoms. The number of methoxy groups -OCH3 is 1. The third-order valence-electron chi connectivity index (χ3n) is 2.50. The Labute approximate surface area is 104 Å². The molecule has 8 nitrogen and oxygen atoms in total. The Bertz CT molecular complexity index is 345. The van der Waals surface area contributed by atoms with Gasteiger partial charge in [-0.1, -0.05) is 0 Å². The Hall–Kier alpha value is -1.70. The maximum absolute atomic E-state index is 11.3. The summed E-state index contributed by atoms with van der Waals surface area (Å²) >= 11 is 0. The zero-order valence-corrected chi connectivity index (χ0v) is 10.3. The van der Waals surface area contributed by atoms with E-state index >= 15 is 0 Å². The number of nitrogens with zero attached hydrogens (tertiary/aromatic N) is 1. The molecular weight excluding hydrogens is 244 g/mol. The molecule has 102 valence electrons. The molecule has 1 rings (SSSR count). The SMILES string of the molecule is COCC(C)NC(=O)COC(=O)C1CC1[N+](=O)[O-]. The normalized spacial score (nSPS) is 23.0. The lowest BCUT2D eigenvalue weighted by molar-refractivity contribution is -0.497. The van der Waals surface area contributed by atoms with Gasteiger partial charge in [0.2, 0.25) is 6.04 Å². The molecular formula is C10H16N2O6. The van der Waals surface area contributed by atoms with Crippen LogP contribution in [-0.4, -0.2) is 49.2 Å². The molecule has 1 saturated carbocycles. The Morgan fingerprint density at radius 1 is 1.56 bits per heavy atom. The van der Waals surface area contributed by atoms with E-state index in [1.807, 2.05) is 0 Å². The quantitative estimate of drug-likeness (QED) is 0.370. The van der Waals surface area contributed by atoms with Gasteiger partial charge in [0.25, 0.3) is 5.91 Å². The van der Waals surface area contributed by atoms with Crippen LogP contribution in [0.2, 0.25) is 0 Å². The van der Waals surface area contributed by atoms with Crippen molar-refractivity contribution in [1.82, 2.24) is 5.32 Å². The van der Waals surface area contributed by atoms with Gasteiger partial charge < -0.3 is 14.8 Å². The largest absolute Gasteiger partial charge is 0.455 e. The van der Waals surface area contributed by atoms with E-state index in [0.29, 0.717) is 6.61 Å². The molecule has 3 unspecified atom stereocenters. The van der Waals surface area contributed by atoms with Crippen LogP contribution in [-0.2, 0) is 19.1 Å². The third-order valence-corrected chi connectivity index (χ3v) is 2.50. The van der Waals surface area contributed by atoms with Gasteiger partial charge >= 0.3 is 5.97 Å². The van der Waals surface area contributed by atoms with E-state index in [4.69, 9.17) is 9.47 Å². The van der Waals surface area contributed by atoms with Crippen LogP contribution in [0.25, 0.3) is 0 Å². The minimum Gasteiger partial charge on any atom is -0.455 e. The van der Waals surface area contributed by atoms with E-state index in [1.165, 1.54) is 7.11 Å². The van der Waals surface area contributed by atoms with E-state index < -0.39 is 35.4 Å². The topological polar surface area (TPSA) is 108 Å². The second-order valence-electron chi connectivity index (χ2n) is 4.23. The van der Waals surface area contributed by atoms with Gasteiger partial charge in [-0.25, -0.2) is 0 Å². The molecule has 1 fully saturated rings. The van der Waals surface area contributed by atoms with Crippen molar-refractivity contribution < 1.29 is 24.0 Å².